The lowest BCUT2D eigenvalue weighted by molar-refractivity contribution is -0.139. The first-order valence-corrected chi connectivity index (χ1v) is 5.54. The first-order chi connectivity index (χ1) is 8.40. The Morgan fingerprint density at radius 2 is 2.00 bits per heavy atom. The molecule has 1 aromatic rings. The molecule has 0 radical (unpaired) electrons. The smallest absolute Gasteiger partial charge is 0.304 e. The number of anilines is 1. The summed E-state index contributed by atoms with van der Waals surface area (Å²) in [4.78, 5) is 33.3. The summed E-state index contributed by atoms with van der Waals surface area (Å²) in [5, 5.41) is 11.2. The fourth-order valence-corrected chi connectivity index (χ4v) is 1.44. The molecule has 2 N–H and O–H groups in total. The number of carbonyl (C=O) groups is 3. The van der Waals surface area contributed by atoms with Crippen LogP contribution in [-0.2, 0) is 9.59 Å². The molecule has 0 saturated heterocycles. The van der Waals surface area contributed by atoms with Crippen molar-refractivity contribution in [2.75, 3.05) is 5.32 Å². The highest BCUT2D eigenvalue weighted by atomic mass is 16.4. The highest BCUT2D eigenvalue weighted by molar-refractivity contribution is 5.98. The minimum absolute atomic E-state index is 0.0929. The Morgan fingerprint density at radius 1 is 1.33 bits per heavy atom. The van der Waals surface area contributed by atoms with Crippen molar-refractivity contribution in [1.29, 1.82) is 0 Å². The molecular formula is C13H15NO4. The van der Waals surface area contributed by atoms with E-state index in [1.54, 1.807) is 24.3 Å². The van der Waals surface area contributed by atoms with Crippen LogP contribution in [0.15, 0.2) is 24.3 Å². The van der Waals surface area contributed by atoms with E-state index >= 15 is 0 Å². The van der Waals surface area contributed by atoms with Gasteiger partial charge in [0.05, 0.1) is 6.42 Å². The van der Waals surface area contributed by atoms with Crippen LogP contribution in [0.3, 0.4) is 0 Å². The van der Waals surface area contributed by atoms with E-state index < -0.39 is 11.9 Å². The number of carboxylic acid groups (broad SMARTS) is 1. The highest BCUT2D eigenvalue weighted by Crippen LogP contribution is 2.13. The van der Waals surface area contributed by atoms with Gasteiger partial charge in [-0.25, -0.2) is 0 Å². The van der Waals surface area contributed by atoms with Gasteiger partial charge in [0.2, 0.25) is 5.91 Å². The third kappa shape index (κ3) is 4.01. The molecule has 1 unspecified atom stereocenters. The zero-order valence-corrected chi connectivity index (χ0v) is 10.3. The Balaban J connectivity index is 2.72. The van der Waals surface area contributed by atoms with Crippen molar-refractivity contribution in [2.24, 2.45) is 5.92 Å². The van der Waals surface area contributed by atoms with E-state index in [-0.39, 0.29) is 18.1 Å². The summed E-state index contributed by atoms with van der Waals surface area (Å²) in [7, 11) is 0. The van der Waals surface area contributed by atoms with E-state index in [0.717, 1.165) is 0 Å². The van der Waals surface area contributed by atoms with Crippen molar-refractivity contribution < 1.29 is 19.5 Å². The second kappa shape index (κ2) is 5.95. The van der Waals surface area contributed by atoms with Crippen molar-refractivity contribution in [3.63, 3.8) is 0 Å². The molecule has 1 atom stereocenters. The van der Waals surface area contributed by atoms with Crippen molar-refractivity contribution >= 4 is 23.3 Å². The van der Waals surface area contributed by atoms with Gasteiger partial charge in [0.15, 0.2) is 5.78 Å². The molecule has 0 aliphatic carbocycles. The van der Waals surface area contributed by atoms with Crippen LogP contribution < -0.4 is 5.32 Å². The fraction of sp³-hybridized carbons (Fsp3) is 0.308. The number of amides is 1. The van der Waals surface area contributed by atoms with E-state index in [4.69, 9.17) is 5.11 Å². The molecule has 0 spiro atoms. The predicted octanol–water partition coefficient (Wildman–Crippen LogP) is 1.94. The highest BCUT2D eigenvalue weighted by Gasteiger charge is 2.16. The first kappa shape index (κ1) is 13.9. The van der Waals surface area contributed by atoms with Gasteiger partial charge in [-0.3, -0.25) is 14.4 Å². The molecule has 0 heterocycles. The molecule has 18 heavy (non-hydrogen) atoms. The summed E-state index contributed by atoms with van der Waals surface area (Å²) in [5.41, 5.74) is 0.989. The van der Waals surface area contributed by atoms with Gasteiger partial charge in [-0.2, -0.15) is 0 Å². The van der Waals surface area contributed by atoms with Crippen LogP contribution in [0.1, 0.15) is 30.6 Å². The largest absolute Gasteiger partial charge is 0.481 e. The number of Topliss-reactive ketones (excluding diaryl/α,β-unsaturated/α-hetero) is 1. The zero-order chi connectivity index (χ0) is 13.7. The number of carboxylic acids is 1. The number of ketones is 1. The van der Waals surface area contributed by atoms with Gasteiger partial charge in [0, 0.05) is 17.2 Å². The minimum Gasteiger partial charge on any atom is -0.481 e. The number of rotatable bonds is 5. The Labute approximate surface area is 105 Å². The standard InChI is InChI=1S/C13H15NO4/c1-8(6-12(16)17)13(18)14-11-5-3-4-10(7-11)9(2)15/h3-5,7-8H,6H2,1-2H3,(H,14,18)(H,16,17). The van der Waals surface area contributed by atoms with E-state index in [1.807, 2.05) is 0 Å². The van der Waals surface area contributed by atoms with Crippen molar-refractivity contribution in [3.05, 3.63) is 29.8 Å². The molecule has 0 fully saturated rings. The van der Waals surface area contributed by atoms with Gasteiger partial charge in [-0.15, -0.1) is 0 Å². The van der Waals surface area contributed by atoms with Gasteiger partial charge < -0.3 is 10.4 Å². The van der Waals surface area contributed by atoms with Crippen LogP contribution in [0.4, 0.5) is 5.69 Å². The van der Waals surface area contributed by atoms with Crippen molar-refractivity contribution in [3.8, 4) is 0 Å². The average Bonchev–Trinajstić information content (AvgIpc) is 2.28. The van der Waals surface area contributed by atoms with Crippen LogP contribution in [0.2, 0.25) is 0 Å². The molecule has 0 aromatic heterocycles. The molecule has 96 valence electrons. The van der Waals surface area contributed by atoms with Gasteiger partial charge in [-0.05, 0) is 19.1 Å². The summed E-state index contributed by atoms with van der Waals surface area (Å²) >= 11 is 0. The first-order valence-electron chi connectivity index (χ1n) is 5.54. The van der Waals surface area contributed by atoms with Gasteiger partial charge in [0.25, 0.3) is 0 Å². The molecule has 0 bridgehead atoms. The van der Waals surface area contributed by atoms with Crippen LogP contribution >= 0.6 is 0 Å². The maximum Gasteiger partial charge on any atom is 0.304 e. The van der Waals surface area contributed by atoms with Crippen molar-refractivity contribution in [1.82, 2.24) is 0 Å². The monoisotopic (exact) mass is 249 g/mol. The van der Waals surface area contributed by atoms with Crippen LogP contribution in [0.5, 0.6) is 0 Å². The Morgan fingerprint density at radius 3 is 2.56 bits per heavy atom. The molecule has 0 saturated carbocycles. The number of hydrogen-bond acceptors (Lipinski definition) is 3. The zero-order valence-electron chi connectivity index (χ0n) is 10.3. The van der Waals surface area contributed by atoms with E-state index in [2.05, 4.69) is 5.32 Å². The summed E-state index contributed by atoms with van der Waals surface area (Å²) in [6, 6.07) is 6.53. The molecule has 5 nitrogen and oxygen atoms in total. The van der Waals surface area contributed by atoms with Crippen molar-refractivity contribution in [2.45, 2.75) is 20.3 Å². The van der Waals surface area contributed by atoms with Crippen LogP contribution in [0, 0.1) is 5.92 Å². The minimum atomic E-state index is -1.02. The number of carbonyl (C=O) groups excluding carboxylic acids is 2. The Kier molecular flexibility index (Phi) is 4.59. The molecule has 1 amide bonds. The summed E-state index contributed by atoms with van der Waals surface area (Å²) in [5.74, 6) is -2.11. The third-order valence-corrected chi connectivity index (χ3v) is 2.47. The quantitative estimate of drug-likeness (QED) is 0.781. The molecule has 0 aliphatic heterocycles. The van der Waals surface area contributed by atoms with Crippen LogP contribution in [0.25, 0.3) is 0 Å². The SMILES string of the molecule is CC(=O)c1cccc(NC(=O)C(C)CC(=O)O)c1. The van der Waals surface area contributed by atoms with E-state index in [0.29, 0.717) is 11.3 Å². The molecule has 1 rings (SSSR count). The van der Waals surface area contributed by atoms with Gasteiger partial charge >= 0.3 is 5.97 Å². The summed E-state index contributed by atoms with van der Waals surface area (Å²) in [6.45, 7) is 2.98. The second-order valence-corrected chi connectivity index (χ2v) is 4.13. The molecule has 1 aromatic carbocycles. The lowest BCUT2D eigenvalue weighted by atomic mass is 10.1. The summed E-state index contributed by atoms with van der Waals surface area (Å²) in [6.07, 6.45) is -0.224. The van der Waals surface area contributed by atoms with Gasteiger partial charge in [-0.1, -0.05) is 19.1 Å². The fourth-order valence-electron chi connectivity index (χ4n) is 1.44. The Hall–Kier alpha value is -2.17. The lowest BCUT2D eigenvalue weighted by Gasteiger charge is -2.10. The topological polar surface area (TPSA) is 83.5 Å². The van der Waals surface area contributed by atoms with E-state index in [1.165, 1.54) is 13.8 Å². The van der Waals surface area contributed by atoms with E-state index in [9.17, 15) is 14.4 Å². The number of hydrogen-bond donors (Lipinski definition) is 2. The predicted molar refractivity (Wildman–Crippen MR) is 66.5 cm³/mol. The average molecular weight is 249 g/mol. The molecule has 0 aliphatic rings. The third-order valence-electron chi connectivity index (χ3n) is 2.47. The maximum atomic E-state index is 11.7. The summed E-state index contributed by atoms with van der Waals surface area (Å²) < 4.78 is 0. The number of benzene rings is 1. The van der Waals surface area contributed by atoms with Crippen LogP contribution in [-0.4, -0.2) is 22.8 Å². The second-order valence-electron chi connectivity index (χ2n) is 4.13. The normalized spacial score (nSPS) is 11.7. The Bertz CT molecular complexity index is 482. The van der Waals surface area contributed by atoms with Gasteiger partial charge in [0.1, 0.15) is 0 Å². The molecule has 5 heteroatoms. The number of aliphatic carboxylic acids is 1. The molecular weight excluding hydrogens is 234 g/mol. The lowest BCUT2D eigenvalue weighted by Crippen LogP contribution is -2.22. The number of nitrogens with one attached hydrogen (secondary N) is 1. The maximum absolute atomic E-state index is 11.7.